The number of β-lactam (4-membered cyclic amide) rings is 1. The first-order valence-corrected chi connectivity index (χ1v) is 16.2. The van der Waals surface area contributed by atoms with Crippen LogP contribution in [0.4, 0.5) is 10.9 Å². The van der Waals surface area contributed by atoms with Gasteiger partial charge in [-0.25, -0.2) is 14.3 Å². The number of hydrogen-bond acceptors (Lipinski definition) is 15. The van der Waals surface area contributed by atoms with E-state index in [0.717, 1.165) is 27.4 Å². The maximum absolute atomic E-state index is 13.4. The smallest absolute Gasteiger partial charge is 0.350 e. The van der Waals surface area contributed by atoms with Crippen molar-refractivity contribution in [3.05, 3.63) is 34.2 Å². The number of carbonyl (C=O) groups excluding carboxylic acids is 3. The highest BCUT2D eigenvalue weighted by Gasteiger charge is 2.53. The number of nitrogens with two attached hydrogens (primary N) is 2. The summed E-state index contributed by atoms with van der Waals surface area (Å²) < 4.78 is 3.39. The minimum Gasteiger partial charge on any atom is -0.543 e. The van der Waals surface area contributed by atoms with E-state index >= 15 is 0 Å². The Labute approximate surface area is 267 Å². The Bertz CT molecular complexity index is 1800. The van der Waals surface area contributed by atoms with Crippen molar-refractivity contribution in [3.63, 3.8) is 0 Å². The van der Waals surface area contributed by atoms with Gasteiger partial charge in [0, 0.05) is 16.9 Å². The van der Waals surface area contributed by atoms with E-state index in [0.29, 0.717) is 16.5 Å². The van der Waals surface area contributed by atoms with Gasteiger partial charge in [-0.15, -0.1) is 23.1 Å². The first-order chi connectivity index (χ1) is 21.3. The summed E-state index contributed by atoms with van der Waals surface area (Å²) in [6, 6.07) is -1.12. The van der Waals surface area contributed by atoms with Gasteiger partial charge in [0.15, 0.2) is 17.2 Å². The summed E-state index contributed by atoms with van der Waals surface area (Å²) >= 11 is 3.48. The van der Waals surface area contributed by atoms with Crippen LogP contribution in [0.25, 0.3) is 5.65 Å². The van der Waals surface area contributed by atoms with E-state index in [1.807, 2.05) is 14.0 Å². The fraction of sp³-hybridized carbons (Fsp3) is 0.400. The van der Waals surface area contributed by atoms with E-state index in [4.69, 9.17) is 16.3 Å². The van der Waals surface area contributed by atoms with E-state index in [2.05, 4.69) is 25.5 Å². The summed E-state index contributed by atoms with van der Waals surface area (Å²) in [7, 11) is 1.81. The molecule has 5 heterocycles. The van der Waals surface area contributed by atoms with E-state index < -0.39 is 46.5 Å². The number of hydrogen-bond donors (Lipinski definition) is 4. The van der Waals surface area contributed by atoms with Crippen LogP contribution in [0, 0.1) is 6.92 Å². The molecule has 1 saturated heterocycles. The van der Waals surface area contributed by atoms with Gasteiger partial charge in [-0.05, 0) is 37.6 Å². The normalized spacial score (nSPS) is 19.6. The van der Waals surface area contributed by atoms with Gasteiger partial charge < -0.3 is 36.6 Å². The lowest BCUT2D eigenvalue weighted by Gasteiger charge is -2.50. The number of carboxylic acids is 2. The predicted molar refractivity (Wildman–Crippen MR) is 162 cm³/mol. The summed E-state index contributed by atoms with van der Waals surface area (Å²) in [5.41, 5.74) is 11.3. The molecule has 3 atom stereocenters. The number of amides is 2. The molecular formula is C25H28N10O7S3. The molecule has 2 aliphatic rings. The third-order valence-corrected chi connectivity index (χ3v) is 10.4. The molecule has 0 aromatic carbocycles. The first kappa shape index (κ1) is 32.0. The van der Waals surface area contributed by atoms with Crippen LogP contribution in [-0.2, 0) is 31.1 Å². The van der Waals surface area contributed by atoms with Crippen molar-refractivity contribution in [2.45, 2.75) is 49.4 Å². The first-order valence-electron chi connectivity index (χ1n) is 13.3. The zero-order valence-corrected chi connectivity index (χ0v) is 26.8. The van der Waals surface area contributed by atoms with Gasteiger partial charge in [0.1, 0.15) is 17.1 Å². The van der Waals surface area contributed by atoms with Gasteiger partial charge in [-0.2, -0.15) is 0 Å². The second kappa shape index (κ2) is 12.2. The highest BCUT2D eigenvalue weighted by atomic mass is 32.2. The quantitative estimate of drug-likeness (QED) is 0.0458. The lowest BCUT2D eigenvalue weighted by atomic mass is 10.0. The number of aromatic nitrogens is 5. The number of fused-ring (bicyclic) bond motifs is 2. The molecule has 0 saturated carbocycles. The van der Waals surface area contributed by atoms with Gasteiger partial charge in [0.25, 0.3) is 17.5 Å². The molecule has 0 bridgehead atoms. The molecule has 2 unspecified atom stereocenters. The summed E-state index contributed by atoms with van der Waals surface area (Å²) in [6.45, 7) is 4.69. The fourth-order valence-corrected chi connectivity index (χ4v) is 7.52. The zero-order chi connectivity index (χ0) is 32.8. The lowest BCUT2D eigenvalue weighted by molar-refractivity contribution is -0.623. The summed E-state index contributed by atoms with van der Waals surface area (Å²) in [5, 5.41) is 33.7. The average molecular weight is 677 g/mol. The van der Waals surface area contributed by atoms with Crippen molar-refractivity contribution >= 4 is 80.9 Å². The van der Waals surface area contributed by atoms with Crippen LogP contribution in [0.3, 0.4) is 0 Å². The third kappa shape index (κ3) is 5.75. The van der Waals surface area contributed by atoms with Crippen molar-refractivity contribution in [2.24, 2.45) is 12.2 Å². The SMILES string of the molecule is CCC(C)(O/N=C(\C(=O)NC1C(=O)N2C(C(=O)[O-])=C(CSc3nc(N)c(C)c4n(C)cn[n+]34)CS[C@@H]12)c1csc(N)n1)C(=O)O. The molecule has 5 rings (SSSR count). The number of nitrogens with zero attached hydrogens (tertiary/aromatic N) is 7. The molecule has 238 valence electrons. The number of thiazole rings is 1. The largest absolute Gasteiger partial charge is 0.543 e. The maximum Gasteiger partial charge on any atom is 0.350 e. The van der Waals surface area contributed by atoms with Crippen LogP contribution in [0.1, 0.15) is 31.5 Å². The average Bonchev–Trinajstić information content (AvgIpc) is 3.61. The third-order valence-electron chi connectivity index (χ3n) is 7.34. The van der Waals surface area contributed by atoms with Crippen LogP contribution in [0.5, 0.6) is 0 Å². The van der Waals surface area contributed by atoms with Crippen molar-refractivity contribution in [3.8, 4) is 0 Å². The zero-order valence-electron chi connectivity index (χ0n) is 24.3. The Balaban J connectivity index is 1.36. The molecule has 6 N–H and O–H groups in total. The Morgan fingerprint density at radius 1 is 1.36 bits per heavy atom. The summed E-state index contributed by atoms with van der Waals surface area (Å²) in [6.07, 6.45) is 1.64. The number of anilines is 2. The molecule has 0 aliphatic carbocycles. The molecular weight excluding hydrogens is 649 g/mol. The molecule has 45 heavy (non-hydrogen) atoms. The highest BCUT2D eigenvalue weighted by Crippen LogP contribution is 2.41. The Morgan fingerprint density at radius 3 is 2.71 bits per heavy atom. The van der Waals surface area contributed by atoms with Gasteiger partial charge in [0.05, 0.1) is 24.3 Å². The fourth-order valence-electron chi connectivity index (χ4n) is 4.54. The number of carboxylic acid groups (broad SMARTS) is 2. The number of thioether (sulfide) groups is 2. The number of aliphatic carboxylic acids is 2. The second-order valence-electron chi connectivity index (χ2n) is 10.3. The van der Waals surface area contributed by atoms with Crippen LogP contribution >= 0.6 is 34.9 Å². The molecule has 20 heteroatoms. The predicted octanol–water partition coefficient (Wildman–Crippen LogP) is -1.35. The lowest BCUT2D eigenvalue weighted by Crippen LogP contribution is -2.71. The van der Waals surface area contributed by atoms with Crippen molar-refractivity contribution in [2.75, 3.05) is 23.0 Å². The van der Waals surface area contributed by atoms with Crippen LogP contribution in [0.2, 0.25) is 0 Å². The van der Waals surface area contributed by atoms with Gasteiger partial charge in [-0.3, -0.25) is 14.5 Å². The van der Waals surface area contributed by atoms with Crippen molar-refractivity contribution in [1.82, 2.24) is 29.9 Å². The van der Waals surface area contributed by atoms with Gasteiger partial charge in [0.2, 0.25) is 11.4 Å². The van der Waals surface area contributed by atoms with E-state index in [1.165, 1.54) is 35.8 Å². The van der Waals surface area contributed by atoms with E-state index in [9.17, 15) is 29.4 Å². The molecule has 0 radical (unpaired) electrons. The number of nitrogen functional groups attached to an aromatic ring is 2. The van der Waals surface area contributed by atoms with Gasteiger partial charge in [-0.1, -0.05) is 26.7 Å². The molecule has 1 fully saturated rings. The molecule has 3 aromatic rings. The number of rotatable bonds is 11. The van der Waals surface area contributed by atoms with Crippen molar-refractivity contribution in [1.29, 1.82) is 0 Å². The molecule has 3 aromatic heterocycles. The number of nitrogens with one attached hydrogen (secondary N) is 1. The van der Waals surface area contributed by atoms with E-state index in [1.54, 1.807) is 22.3 Å². The van der Waals surface area contributed by atoms with Crippen molar-refractivity contribution < 1.29 is 38.7 Å². The maximum atomic E-state index is 13.4. The van der Waals surface area contributed by atoms with Gasteiger partial charge >= 0.3 is 11.1 Å². The Morgan fingerprint density at radius 2 is 2.09 bits per heavy atom. The molecule has 17 nitrogen and oxygen atoms in total. The number of oxime groups is 1. The minimum atomic E-state index is -1.74. The Kier molecular flexibility index (Phi) is 8.64. The van der Waals surface area contributed by atoms with Crippen LogP contribution < -0.4 is 26.4 Å². The van der Waals surface area contributed by atoms with Crippen LogP contribution in [0.15, 0.2) is 33.3 Å². The molecule has 0 spiro atoms. The topological polar surface area (TPSA) is 248 Å². The molecule has 2 aliphatic heterocycles. The monoisotopic (exact) mass is 676 g/mol. The second-order valence-corrected chi connectivity index (χ2v) is 13.2. The van der Waals surface area contributed by atoms with E-state index in [-0.39, 0.29) is 34.4 Å². The molecule has 2 amide bonds. The number of carbonyl (C=O) groups is 4. The van der Waals surface area contributed by atoms with Crippen LogP contribution in [-0.4, -0.2) is 87.6 Å². The highest BCUT2D eigenvalue weighted by molar-refractivity contribution is 8.01. The Hall–Kier alpha value is -4.43. The summed E-state index contributed by atoms with van der Waals surface area (Å²) in [4.78, 5) is 65.4. The minimum absolute atomic E-state index is 0.0126. The summed E-state index contributed by atoms with van der Waals surface area (Å²) in [5.74, 6) is -3.73. The number of aryl methyl sites for hydroxylation is 2. The standard InChI is InChI=1S/C25H28N10O7S3/c1-5-25(3,22(40)41)42-32-13(12-8-44-23(27)29-12)17(36)30-14-19(37)34-15(21(38)39)11(6-43-20(14)34)7-45-24-31-16(26)10(2)18-33(4)9-28-35(18)24/h8-9,14,20,26H,5-7H2,1-4H3,(H5,27,29,30,36,38,39,40,41)/b32-13-/t14?,20-,25?/m0/s1.